The first-order valence-corrected chi connectivity index (χ1v) is 16.5. The summed E-state index contributed by atoms with van der Waals surface area (Å²) >= 11 is 0.870. The number of carbonyl (C=O) groups is 1. The Bertz CT molecular complexity index is 1950. The van der Waals surface area contributed by atoms with Crippen molar-refractivity contribution in [2.45, 2.75) is 64.5 Å². The number of nitrogens with one attached hydrogen (secondary N) is 1. The minimum absolute atomic E-state index is 0.0325. The minimum atomic E-state index is -0.794. The molecular weight excluding hydrogens is 626 g/mol. The Morgan fingerprint density at radius 3 is 2.66 bits per heavy atom. The van der Waals surface area contributed by atoms with E-state index in [2.05, 4.69) is 50.1 Å². The summed E-state index contributed by atoms with van der Waals surface area (Å²) in [7, 11) is 4.24. The van der Waals surface area contributed by atoms with E-state index in [9.17, 15) is 10.1 Å². The predicted octanol–water partition coefficient (Wildman–Crippen LogP) is 5.65. The number of halogens is 2. The number of benzene rings is 1. The summed E-state index contributed by atoms with van der Waals surface area (Å²) in [6, 6.07) is 2.98. The second-order valence-electron chi connectivity index (χ2n) is 13.6. The predicted molar refractivity (Wildman–Crippen MR) is 175 cm³/mol. The van der Waals surface area contributed by atoms with Gasteiger partial charge in [0.05, 0.1) is 35.4 Å². The first-order valence-electron chi connectivity index (χ1n) is 15.7. The Balaban J connectivity index is 1.30. The zero-order valence-electron chi connectivity index (χ0n) is 27.0. The molecule has 0 bridgehead atoms. The number of fused-ring (bicyclic) bond motifs is 4. The Morgan fingerprint density at radius 1 is 1.15 bits per heavy atom. The lowest BCUT2D eigenvalue weighted by atomic mass is 9.94. The number of rotatable bonds is 5. The average molecular weight is 663 g/mol. The quantitative estimate of drug-likeness (QED) is 0.287. The molecule has 14 heteroatoms. The lowest BCUT2D eigenvalue weighted by molar-refractivity contribution is 0.0636. The van der Waals surface area contributed by atoms with E-state index in [1.807, 2.05) is 0 Å². The largest absolute Gasteiger partial charge is 0.444 e. The second kappa shape index (κ2) is 11.9. The highest BCUT2D eigenvalue weighted by atomic mass is 32.1. The molecule has 6 heterocycles. The summed E-state index contributed by atoms with van der Waals surface area (Å²) in [6.45, 7) is 9.04. The van der Waals surface area contributed by atoms with E-state index >= 15 is 8.78 Å². The van der Waals surface area contributed by atoms with Crippen LogP contribution in [0.25, 0.3) is 32.2 Å². The van der Waals surface area contributed by atoms with E-state index in [1.165, 1.54) is 0 Å². The number of ether oxygens (including phenoxy) is 2. The SMILES string of the molecule is CN(C)[C@H]1CCN([C@H]2CCN(c3ncc4c5c(c(-c6ncc(F)c7sc(NC(=O)OC(C)(C)C)c(C#N)c67)c(F)c4n3)COC5)C2)C1. The van der Waals surface area contributed by atoms with Gasteiger partial charge < -0.3 is 19.3 Å². The molecule has 3 aliphatic heterocycles. The van der Waals surface area contributed by atoms with Crippen molar-refractivity contribution < 1.29 is 23.0 Å². The molecule has 0 aliphatic carbocycles. The van der Waals surface area contributed by atoms with Crippen LogP contribution in [0.5, 0.6) is 0 Å². The van der Waals surface area contributed by atoms with Crippen molar-refractivity contribution in [3.63, 3.8) is 0 Å². The van der Waals surface area contributed by atoms with Gasteiger partial charge in [-0.15, -0.1) is 11.3 Å². The molecule has 0 unspecified atom stereocenters. The van der Waals surface area contributed by atoms with Crippen LogP contribution >= 0.6 is 11.3 Å². The number of anilines is 2. The van der Waals surface area contributed by atoms with Gasteiger partial charge in [-0.25, -0.2) is 23.5 Å². The topological polar surface area (TPSA) is 120 Å². The maximum atomic E-state index is 16.9. The Hall–Kier alpha value is -4.03. The van der Waals surface area contributed by atoms with Gasteiger partial charge in [0.1, 0.15) is 22.2 Å². The van der Waals surface area contributed by atoms with Gasteiger partial charge in [0, 0.05) is 60.8 Å². The van der Waals surface area contributed by atoms with E-state index in [0.29, 0.717) is 29.0 Å². The van der Waals surface area contributed by atoms with Crippen LogP contribution in [0.3, 0.4) is 0 Å². The Kier molecular flexibility index (Phi) is 7.99. The molecule has 2 atom stereocenters. The Labute approximate surface area is 275 Å². The third-order valence-corrected chi connectivity index (χ3v) is 10.3. The van der Waals surface area contributed by atoms with Gasteiger partial charge in [-0.2, -0.15) is 5.26 Å². The van der Waals surface area contributed by atoms with Crippen LogP contribution in [0.1, 0.15) is 50.3 Å². The van der Waals surface area contributed by atoms with E-state index in [4.69, 9.17) is 14.5 Å². The van der Waals surface area contributed by atoms with Crippen LogP contribution in [-0.2, 0) is 22.7 Å². The maximum Gasteiger partial charge on any atom is 0.412 e. The van der Waals surface area contributed by atoms with Crippen LogP contribution in [0, 0.1) is 23.0 Å². The molecule has 11 nitrogen and oxygen atoms in total. The van der Waals surface area contributed by atoms with E-state index in [0.717, 1.165) is 62.1 Å². The highest BCUT2D eigenvalue weighted by Gasteiger charge is 2.35. The summed E-state index contributed by atoms with van der Waals surface area (Å²) in [4.78, 5) is 33.3. The molecule has 2 fully saturated rings. The normalized spacial score (nSPS) is 20.0. The maximum absolute atomic E-state index is 16.9. The van der Waals surface area contributed by atoms with Gasteiger partial charge in [-0.05, 0) is 58.8 Å². The van der Waals surface area contributed by atoms with Gasteiger partial charge in [0.25, 0.3) is 0 Å². The van der Waals surface area contributed by atoms with Crippen LogP contribution < -0.4 is 10.2 Å². The summed E-state index contributed by atoms with van der Waals surface area (Å²) in [5, 5.41) is 13.5. The third kappa shape index (κ3) is 5.65. The minimum Gasteiger partial charge on any atom is -0.444 e. The smallest absolute Gasteiger partial charge is 0.412 e. The van der Waals surface area contributed by atoms with Crippen LogP contribution in [0.15, 0.2) is 12.4 Å². The summed E-state index contributed by atoms with van der Waals surface area (Å²) in [5.74, 6) is -0.893. The van der Waals surface area contributed by atoms with Gasteiger partial charge in [0.15, 0.2) is 11.6 Å². The van der Waals surface area contributed by atoms with E-state index < -0.39 is 23.3 Å². The highest BCUT2D eigenvalue weighted by Crippen LogP contribution is 2.46. The lowest BCUT2D eigenvalue weighted by Crippen LogP contribution is -2.39. The molecule has 246 valence electrons. The Morgan fingerprint density at radius 2 is 1.94 bits per heavy atom. The number of amides is 1. The van der Waals surface area contributed by atoms with Crippen molar-refractivity contribution in [1.82, 2.24) is 24.8 Å². The van der Waals surface area contributed by atoms with Crippen molar-refractivity contribution in [2.75, 3.05) is 50.5 Å². The lowest BCUT2D eigenvalue weighted by Gasteiger charge is -2.25. The molecular formula is C33H36F2N8O3S. The molecule has 47 heavy (non-hydrogen) atoms. The number of likely N-dealkylation sites (tertiary alicyclic amines) is 1. The molecule has 3 aromatic heterocycles. The van der Waals surface area contributed by atoms with Crippen LogP contribution in [0.2, 0.25) is 0 Å². The van der Waals surface area contributed by atoms with Crippen molar-refractivity contribution >= 4 is 49.4 Å². The van der Waals surface area contributed by atoms with Crippen molar-refractivity contribution in [3.8, 4) is 17.3 Å². The highest BCUT2D eigenvalue weighted by molar-refractivity contribution is 7.23. The molecule has 0 spiro atoms. The number of nitriles is 1. The van der Waals surface area contributed by atoms with Crippen LogP contribution in [-0.4, -0.2) is 88.8 Å². The summed E-state index contributed by atoms with van der Waals surface area (Å²) in [5.41, 5.74) is 0.757. The standard InChI is InChI=1S/C33H36F2N8O3S/c1-33(2,3)46-32(44)40-30-19(10-36)25-28(37-12-23(34)29(25)47-30)24-22-16-45-15-21(22)20-11-38-31(39-27(20)26(24)35)43-9-7-18(14-43)42-8-6-17(13-42)41(4)5/h11-12,17-18H,6-9,13-16H2,1-5H3,(H,40,44)/t17-,18-/m0/s1. The molecule has 2 saturated heterocycles. The zero-order chi connectivity index (χ0) is 33.2. The average Bonchev–Trinajstić information content (AvgIpc) is 3.83. The number of hydrogen-bond donors (Lipinski definition) is 1. The third-order valence-electron chi connectivity index (χ3n) is 9.21. The van der Waals surface area contributed by atoms with E-state index in [1.54, 1.807) is 27.0 Å². The molecule has 1 N–H and O–H groups in total. The van der Waals surface area contributed by atoms with Crippen molar-refractivity contribution in [2.24, 2.45) is 0 Å². The number of aromatic nitrogens is 3. The number of carbonyl (C=O) groups excluding carboxylic acids is 1. The zero-order valence-corrected chi connectivity index (χ0v) is 27.8. The molecule has 1 aromatic carbocycles. The molecule has 0 radical (unpaired) electrons. The van der Waals surface area contributed by atoms with Gasteiger partial charge in [-0.3, -0.25) is 15.2 Å². The number of likely N-dealkylation sites (N-methyl/N-ethyl adjacent to an activating group) is 1. The van der Waals surface area contributed by atoms with Gasteiger partial charge in [0.2, 0.25) is 5.95 Å². The second-order valence-corrected chi connectivity index (χ2v) is 14.6. The number of pyridine rings is 1. The first-order chi connectivity index (χ1) is 22.4. The number of thiophene rings is 1. The number of hydrogen-bond acceptors (Lipinski definition) is 11. The molecule has 0 saturated carbocycles. The van der Waals surface area contributed by atoms with Gasteiger partial charge >= 0.3 is 6.09 Å². The molecule has 7 rings (SSSR count). The molecule has 3 aliphatic rings. The number of nitrogens with zero attached hydrogens (tertiary/aromatic N) is 7. The monoisotopic (exact) mass is 662 g/mol. The van der Waals surface area contributed by atoms with Crippen LogP contribution in [0.4, 0.5) is 24.5 Å². The fraction of sp³-hybridized carbons (Fsp3) is 0.485. The fourth-order valence-corrected chi connectivity index (χ4v) is 7.94. The molecule has 1 amide bonds. The summed E-state index contributed by atoms with van der Waals surface area (Å²) in [6.07, 6.45) is 3.98. The van der Waals surface area contributed by atoms with Crippen molar-refractivity contribution in [1.29, 1.82) is 5.26 Å². The van der Waals surface area contributed by atoms with Crippen molar-refractivity contribution in [3.05, 3.63) is 40.7 Å². The van der Waals surface area contributed by atoms with Gasteiger partial charge in [-0.1, -0.05) is 0 Å². The first kappa shape index (κ1) is 31.6. The van der Waals surface area contributed by atoms with E-state index in [-0.39, 0.29) is 50.6 Å². The molecule has 4 aromatic rings. The fourth-order valence-electron chi connectivity index (χ4n) is 6.90. The summed E-state index contributed by atoms with van der Waals surface area (Å²) < 4.78 is 43.3.